The number of hydrogen-bond acceptors (Lipinski definition) is 6. The average molecular weight is 543 g/mol. The van der Waals surface area contributed by atoms with E-state index in [1.165, 1.54) is 26.0 Å². The largest absolute Gasteiger partial charge is 0.496 e. The third-order valence-corrected chi connectivity index (χ3v) is 8.27. The second-order valence-electron chi connectivity index (χ2n) is 8.49. The highest BCUT2D eigenvalue weighted by Gasteiger charge is 2.31. The van der Waals surface area contributed by atoms with Crippen LogP contribution in [0, 0.1) is 0 Å². The van der Waals surface area contributed by atoms with E-state index in [9.17, 15) is 9.59 Å². The molecular weight excluding hydrogens is 516 g/mol. The number of anilines is 3. The number of nitrogens with zero attached hydrogens (tertiary/aromatic N) is 1. The molecule has 1 aliphatic heterocycles. The molecule has 2 amide bonds. The van der Waals surface area contributed by atoms with Crippen molar-refractivity contribution < 1.29 is 19.1 Å². The Labute approximate surface area is 230 Å². The van der Waals surface area contributed by atoms with Gasteiger partial charge in [-0.2, -0.15) is 0 Å². The number of carbonyl (C=O) groups is 2. The van der Waals surface area contributed by atoms with Crippen molar-refractivity contribution in [3.05, 3.63) is 96.6 Å². The molecule has 0 spiro atoms. The number of ether oxygens (including phenoxy) is 2. The Kier molecular flexibility index (Phi) is 7.62. The number of thioether (sulfide) groups is 1. The normalized spacial score (nSPS) is 12.7. The number of benzene rings is 4. The van der Waals surface area contributed by atoms with Crippen molar-refractivity contribution in [2.75, 3.05) is 24.4 Å². The summed E-state index contributed by atoms with van der Waals surface area (Å²) in [6.07, 6.45) is 0. The van der Waals surface area contributed by atoms with Crippen LogP contribution >= 0.6 is 23.5 Å². The van der Waals surface area contributed by atoms with E-state index in [2.05, 4.69) is 5.32 Å². The molecule has 0 fully saturated rings. The number of rotatable bonds is 7. The number of nitrogens with one attached hydrogen (secondary N) is 1. The minimum atomic E-state index is -0.375. The van der Waals surface area contributed by atoms with Crippen molar-refractivity contribution in [2.45, 2.75) is 26.9 Å². The lowest BCUT2D eigenvalue weighted by Gasteiger charge is -2.32. The van der Waals surface area contributed by atoms with Crippen molar-refractivity contribution in [1.82, 2.24) is 0 Å². The maximum atomic E-state index is 13.8. The number of para-hydroxylation sites is 2. The lowest BCUT2D eigenvalue weighted by molar-refractivity contribution is -0.117. The molecule has 0 radical (unpaired) electrons. The van der Waals surface area contributed by atoms with Crippen molar-refractivity contribution in [3.8, 4) is 11.5 Å². The first kappa shape index (κ1) is 25.8. The van der Waals surface area contributed by atoms with Gasteiger partial charge in [-0.3, -0.25) is 14.5 Å². The number of fused-ring (bicyclic) bond motifs is 2. The Morgan fingerprint density at radius 1 is 0.816 bits per heavy atom. The molecule has 8 heteroatoms. The van der Waals surface area contributed by atoms with Gasteiger partial charge in [0.1, 0.15) is 17.1 Å². The molecule has 0 saturated heterocycles. The fraction of sp³-hybridized carbons (Fsp3) is 0.133. The molecule has 1 N–H and O–H groups in total. The molecule has 0 aromatic heterocycles. The van der Waals surface area contributed by atoms with Gasteiger partial charge in [0, 0.05) is 20.4 Å². The van der Waals surface area contributed by atoms with E-state index in [1.807, 2.05) is 84.6 Å². The molecule has 1 aliphatic rings. The quantitative estimate of drug-likeness (QED) is 0.248. The Bertz CT molecular complexity index is 1440. The lowest BCUT2D eigenvalue weighted by atomic mass is 10.1. The lowest BCUT2D eigenvalue weighted by Crippen LogP contribution is -2.34. The highest BCUT2D eigenvalue weighted by atomic mass is 32.2. The van der Waals surface area contributed by atoms with Crippen LogP contribution in [0.15, 0.2) is 106 Å². The minimum absolute atomic E-state index is 0.0107. The third-order valence-electron chi connectivity index (χ3n) is 6.06. The Morgan fingerprint density at radius 3 is 2.00 bits per heavy atom. The number of hydrogen-bond donors (Lipinski definition) is 1. The number of methoxy groups -OCH3 is 2. The van der Waals surface area contributed by atoms with E-state index in [1.54, 1.807) is 30.0 Å². The van der Waals surface area contributed by atoms with Crippen LogP contribution in [0.1, 0.15) is 17.3 Å². The molecular formula is C30H26N2O4S2. The zero-order valence-corrected chi connectivity index (χ0v) is 22.8. The van der Waals surface area contributed by atoms with Gasteiger partial charge in [0.05, 0.1) is 30.8 Å². The van der Waals surface area contributed by atoms with Crippen LogP contribution < -0.4 is 19.7 Å². The molecule has 6 nitrogen and oxygen atoms in total. The van der Waals surface area contributed by atoms with Crippen LogP contribution in [0.3, 0.4) is 0 Å². The third kappa shape index (κ3) is 5.10. The maximum Gasteiger partial charge on any atom is 0.263 e. The first-order chi connectivity index (χ1) is 18.5. The molecule has 1 heterocycles. The average Bonchev–Trinajstić information content (AvgIpc) is 2.95. The van der Waals surface area contributed by atoms with Gasteiger partial charge in [0.15, 0.2) is 0 Å². The van der Waals surface area contributed by atoms with E-state index in [4.69, 9.17) is 9.47 Å². The first-order valence-electron chi connectivity index (χ1n) is 12.0. The summed E-state index contributed by atoms with van der Waals surface area (Å²) in [6, 6.07) is 28.6. The van der Waals surface area contributed by atoms with Crippen molar-refractivity contribution in [2.24, 2.45) is 0 Å². The molecule has 4 aromatic carbocycles. The fourth-order valence-corrected chi connectivity index (χ4v) is 6.32. The molecule has 5 rings (SSSR count). The van der Waals surface area contributed by atoms with E-state index in [0.29, 0.717) is 22.7 Å². The fourth-order valence-electron chi connectivity index (χ4n) is 4.29. The molecule has 0 bridgehead atoms. The Morgan fingerprint density at radius 2 is 1.39 bits per heavy atom. The maximum absolute atomic E-state index is 13.8. The van der Waals surface area contributed by atoms with Gasteiger partial charge in [-0.05, 0) is 61.5 Å². The summed E-state index contributed by atoms with van der Waals surface area (Å²) in [5.41, 5.74) is 2.71. The predicted octanol–water partition coefficient (Wildman–Crippen LogP) is 7.27. The predicted molar refractivity (Wildman–Crippen MR) is 153 cm³/mol. The highest BCUT2D eigenvalue weighted by Crippen LogP contribution is 2.48. The summed E-state index contributed by atoms with van der Waals surface area (Å²) >= 11 is 3.12. The minimum Gasteiger partial charge on any atom is -0.496 e. The van der Waals surface area contributed by atoms with Crippen molar-refractivity contribution >= 4 is 52.4 Å². The smallest absolute Gasteiger partial charge is 0.263 e. The molecule has 0 saturated carbocycles. The Hall–Kier alpha value is -3.88. The van der Waals surface area contributed by atoms with Crippen LogP contribution in [-0.2, 0) is 4.79 Å². The summed E-state index contributed by atoms with van der Waals surface area (Å²) in [6.45, 7) is 1.91. The summed E-state index contributed by atoms with van der Waals surface area (Å²) in [4.78, 5) is 31.7. The van der Waals surface area contributed by atoms with Gasteiger partial charge >= 0.3 is 0 Å². The summed E-state index contributed by atoms with van der Waals surface area (Å²) in [5, 5.41) is 2.55. The number of amides is 2. The molecule has 1 atom stereocenters. The van der Waals surface area contributed by atoms with Crippen LogP contribution in [0.2, 0.25) is 0 Å². The van der Waals surface area contributed by atoms with Gasteiger partial charge in [-0.1, -0.05) is 48.2 Å². The van der Waals surface area contributed by atoms with Gasteiger partial charge < -0.3 is 14.8 Å². The topological polar surface area (TPSA) is 67.9 Å². The van der Waals surface area contributed by atoms with E-state index < -0.39 is 0 Å². The zero-order chi connectivity index (χ0) is 26.6. The molecule has 192 valence electrons. The van der Waals surface area contributed by atoms with E-state index >= 15 is 0 Å². The second kappa shape index (κ2) is 11.2. The first-order valence-corrected chi connectivity index (χ1v) is 13.7. The van der Waals surface area contributed by atoms with Crippen LogP contribution in [0.25, 0.3) is 0 Å². The zero-order valence-electron chi connectivity index (χ0n) is 21.1. The van der Waals surface area contributed by atoms with Crippen LogP contribution in [0.4, 0.5) is 17.1 Å². The molecule has 0 aliphatic carbocycles. The van der Waals surface area contributed by atoms with Gasteiger partial charge in [-0.25, -0.2) is 0 Å². The SMILES string of the molecule is COc1cccc(OC)c1C(=O)Nc1cccc(SC(C)C(=O)N2c3ccccc3Sc3ccccc32)c1. The second-order valence-corrected chi connectivity index (χ2v) is 11.0. The molecule has 4 aromatic rings. The van der Waals surface area contributed by atoms with Crippen molar-refractivity contribution in [1.29, 1.82) is 0 Å². The van der Waals surface area contributed by atoms with Gasteiger partial charge in [0.2, 0.25) is 5.91 Å². The standard InChI is InChI=1S/C30H26N2O4S2/c1-19(30(34)32-22-12-4-6-16-26(22)38-27-17-7-5-13-23(27)32)37-21-11-8-10-20(18-21)31-29(33)28-24(35-2)14-9-15-25(28)36-3/h4-19H,1-3H3,(H,31,33). The highest BCUT2D eigenvalue weighted by molar-refractivity contribution is 8.00. The van der Waals surface area contributed by atoms with Gasteiger partial charge in [0.25, 0.3) is 5.91 Å². The Balaban J connectivity index is 1.36. The van der Waals surface area contributed by atoms with Crippen LogP contribution in [0.5, 0.6) is 11.5 Å². The summed E-state index contributed by atoms with van der Waals surface area (Å²) in [5.74, 6) is 0.492. The number of carbonyl (C=O) groups excluding carboxylic acids is 2. The monoisotopic (exact) mass is 542 g/mol. The summed E-state index contributed by atoms with van der Waals surface area (Å²) in [7, 11) is 3.03. The van der Waals surface area contributed by atoms with E-state index in [-0.39, 0.29) is 17.1 Å². The van der Waals surface area contributed by atoms with Crippen molar-refractivity contribution in [3.63, 3.8) is 0 Å². The van der Waals surface area contributed by atoms with Crippen LogP contribution in [-0.4, -0.2) is 31.3 Å². The summed E-state index contributed by atoms with van der Waals surface area (Å²) < 4.78 is 10.7. The molecule has 38 heavy (non-hydrogen) atoms. The van der Waals surface area contributed by atoms with E-state index in [0.717, 1.165) is 26.1 Å². The molecule has 1 unspecified atom stereocenters. The van der Waals surface area contributed by atoms with Gasteiger partial charge in [-0.15, -0.1) is 11.8 Å².